The van der Waals surface area contributed by atoms with Crippen LogP contribution in [0.4, 0.5) is 10.2 Å². The van der Waals surface area contributed by atoms with Crippen LogP contribution in [-0.4, -0.2) is 59.5 Å². The summed E-state index contributed by atoms with van der Waals surface area (Å²) in [6.45, 7) is 21.4. The molecule has 0 spiro atoms. The molecule has 4 aromatic rings. The van der Waals surface area contributed by atoms with Crippen LogP contribution in [-0.2, 0) is 19.0 Å². The van der Waals surface area contributed by atoms with Gasteiger partial charge in [-0.05, 0) is 95.8 Å². The van der Waals surface area contributed by atoms with Crippen LogP contribution in [0.2, 0.25) is 0 Å². The van der Waals surface area contributed by atoms with E-state index < -0.39 is 17.7 Å². The number of anilines is 1. The number of carbonyl (C=O) groups is 1. The van der Waals surface area contributed by atoms with Gasteiger partial charge in [-0.25, -0.2) is 14.2 Å². The molecule has 3 heterocycles. The zero-order valence-electron chi connectivity index (χ0n) is 30.4. The lowest BCUT2D eigenvalue weighted by Gasteiger charge is -2.41. The predicted molar refractivity (Wildman–Crippen MR) is 197 cm³/mol. The van der Waals surface area contributed by atoms with Crippen molar-refractivity contribution < 1.29 is 28.1 Å². The van der Waals surface area contributed by atoms with Crippen molar-refractivity contribution in [2.24, 2.45) is 0 Å². The Hall–Kier alpha value is -4.47. The summed E-state index contributed by atoms with van der Waals surface area (Å²) >= 11 is 0. The molecule has 5 rings (SSSR count). The summed E-state index contributed by atoms with van der Waals surface area (Å²) in [5.74, 6) is 0.609. The molecule has 8 nitrogen and oxygen atoms in total. The highest BCUT2D eigenvalue weighted by Crippen LogP contribution is 2.40. The van der Waals surface area contributed by atoms with Gasteiger partial charge in [-0.1, -0.05) is 30.4 Å². The molecule has 0 amide bonds. The Labute approximate surface area is 295 Å². The highest BCUT2D eigenvalue weighted by molar-refractivity contribution is 5.81. The average Bonchev–Trinajstić information content (AvgIpc) is 3.50. The molecular formula is C41H50FN3O5. The first kappa shape index (κ1) is 36.8. The molecule has 2 aromatic carbocycles. The van der Waals surface area contributed by atoms with E-state index in [9.17, 15) is 9.18 Å². The molecular weight excluding hydrogens is 633 g/mol. The number of carbonyl (C=O) groups excluding carboxylic acids is 1. The minimum atomic E-state index is -0.964. The van der Waals surface area contributed by atoms with Gasteiger partial charge in [-0.15, -0.1) is 13.2 Å². The molecule has 0 radical (unpaired) electrons. The van der Waals surface area contributed by atoms with Crippen LogP contribution in [0.25, 0.3) is 28.0 Å². The van der Waals surface area contributed by atoms with Crippen molar-refractivity contribution in [2.45, 2.75) is 84.2 Å². The van der Waals surface area contributed by atoms with Crippen LogP contribution < -0.4 is 9.64 Å². The Kier molecular flexibility index (Phi) is 11.2. The fourth-order valence-electron chi connectivity index (χ4n) is 6.49. The third-order valence-corrected chi connectivity index (χ3v) is 9.03. The fourth-order valence-corrected chi connectivity index (χ4v) is 6.49. The van der Waals surface area contributed by atoms with Crippen molar-refractivity contribution in [1.29, 1.82) is 0 Å². The van der Waals surface area contributed by atoms with Gasteiger partial charge in [-0.3, -0.25) is 4.40 Å². The number of imidazole rings is 1. The second kappa shape index (κ2) is 15.2. The highest BCUT2D eigenvalue weighted by atomic mass is 19.1. The van der Waals surface area contributed by atoms with Crippen molar-refractivity contribution in [3.63, 3.8) is 0 Å². The van der Waals surface area contributed by atoms with E-state index in [4.69, 9.17) is 23.9 Å². The molecule has 1 aliphatic heterocycles. The van der Waals surface area contributed by atoms with Crippen molar-refractivity contribution in [3.8, 4) is 28.1 Å². The first-order valence-corrected chi connectivity index (χ1v) is 17.2. The number of rotatable bonds is 13. The molecule has 0 saturated carbocycles. The van der Waals surface area contributed by atoms with E-state index in [0.717, 1.165) is 52.3 Å². The van der Waals surface area contributed by atoms with Gasteiger partial charge in [-0.2, -0.15) is 0 Å². The number of piperidine rings is 1. The smallest absolute Gasteiger partial charge is 0.339 e. The summed E-state index contributed by atoms with van der Waals surface area (Å²) in [7, 11) is 1.38. The summed E-state index contributed by atoms with van der Waals surface area (Å²) in [5, 5.41) is 0. The lowest BCUT2D eigenvalue weighted by atomic mass is 9.92. The minimum Gasteiger partial charge on any atom is -0.490 e. The number of fused-ring (bicyclic) bond motifs is 1. The van der Waals surface area contributed by atoms with Crippen LogP contribution in [0, 0.1) is 12.7 Å². The number of hydrogen-bond donors (Lipinski definition) is 0. The number of methoxy groups -OCH3 is 1. The quantitative estimate of drug-likeness (QED) is 0.103. The summed E-state index contributed by atoms with van der Waals surface area (Å²) in [6, 6.07) is 14.4. The molecule has 0 bridgehead atoms. The van der Waals surface area contributed by atoms with Crippen LogP contribution >= 0.6 is 0 Å². The Morgan fingerprint density at radius 2 is 1.80 bits per heavy atom. The number of ether oxygens (including phenoxy) is 4. The molecule has 0 N–H and O–H groups in total. The van der Waals surface area contributed by atoms with E-state index in [0.29, 0.717) is 37.4 Å². The van der Waals surface area contributed by atoms with E-state index in [1.165, 1.54) is 19.2 Å². The maximum atomic E-state index is 14.6. The minimum absolute atomic E-state index is 0.119. The van der Waals surface area contributed by atoms with E-state index in [1.807, 2.05) is 75.5 Å². The Bertz CT molecular complexity index is 1850. The number of esters is 1. The molecule has 0 unspecified atom stereocenters. The highest BCUT2D eigenvalue weighted by Gasteiger charge is 2.37. The number of halogens is 1. The third kappa shape index (κ3) is 8.28. The molecule has 1 aliphatic rings. The van der Waals surface area contributed by atoms with Gasteiger partial charge in [0.1, 0.15) is 23.0 Å². The predicted octanol–water partition coefficient (Wildman–Crippen LogP) is 9.05. The van der Waals surface area contributed by atoms with Crippen LogP contribution in [0.3, 0.4) is 0 Å². The molecule has 2 aromatic heterocycles. The SMILES string of the molecule is C=CCOC1(C)CCN(c2c([C@H](OC(C)(C)C)C(=O)OC)c(C)cc3nc(-c4cccc(-c5cc(F)ccc5O[C@@H](C)CC=C)c4)cn23)CC1. The fraction of sp³-hybridized carbons (Fsp3) is 0.415. The molecule has 50 heavy (non-hydrogen) atoms. The molecule has 1 fully saturated rings. The van der Waals surface area contributed by atoms with Crippen molar-refractivity contribution >= 4 is 17.4 Å². The summed E-state index contributed by atoms with van der Waals surface area (Å²) in [4.78, 5) is 20.8. The van der Waals surface area contributed by atoms with E-state index in [2.05, 4.69) is 25.0 Å². The zero-order valence-corrected chi connectivity index (χ0v) is 30.4. The normalized spacial score (nSPS) is 15.8. The van der Waals surface area contributed by atoms with Gasteiger partial charge in [0.25, 0.3) is 0 Å². The van der Waals surface area contributed by atoms with Crippen molar-refractivity contribution in [3.05, 3.63) is 97.0 Å². The average molecular weight is 684 g/mol. The molecule has 9 heteroatoms. The lowest BCUT2D eigenvalue weighted by molar-refractivity contribution is -0.164. The van der Waals surface area contributed by atoms with E-state index in [1.54, 1.807) is 18.2 Å². The Morgan fingerprint density at radius 3 is 2.46 bits per heavy atom. The summed E-state index contributed by atoms with van der Waals surface area (Å²) < 4.78 is 40.7. The van der Waals surface area contributed by atoms with E-state index in [-0.39, 0.29) is 17.5 Å². The molecule has 0 aliphatic carbocycles. The second-order valence-corrected chi connectivity index (χ2v) is 14.3. The maximum absolute atomic E-state index is 14.6. The van der Waals surface area contributed by atoms with Gasteiger partial charge in [0.15, 0.2) is 6.10 Å². The monoisotopic (exact) mass is 683 g/mol. The van der Waals surface area contributed by atoms with Crippen LogP contribution in [0.15, 0.2) is 80.0 Å². The van der Waals surface area contributed by atoms with Gasteiger partial charge in [0, 0.05) is 42.4 Å². The molecule has 2 atom stereocenters. The van der Waals surface area contributed by atoms with Gasteiger partial charge >= 0.3 is 5.97 Å². The number of aryl methyl sites for hydroxylation is 1. The largest absolute Gasteiger partial charge is 0.490 e. The molecule has 266 valence electrons. The van der Waals surface area contributed by atoms with Crippen LogP contribution in [0.5, 0.6) is 5.75 Å². The van der Waals surface area contributed by atoms with Gasteiger partial charge < -0.3 is 23.8 Å². The Balaban J connectivity index is 1.64. The third-order valence-electron chi connectivity index (χ3n) is 9.03. The Morgan fingerprint density at radius 1 is 1.08 bits per heavy atom. The number of nitrogens with zero attached hydrogens (tertiary/aromatic N) is 3. The van der Waals surface area contributed by atoms with Gasteiger partial charge in [0.05, 0.1) is 36.7 Å². The first-order chi connectivity index (χ1) is 23.8. The summed E-state index contributed by atoms with van der Waals surface area (Å²) in [6.07, 6.45) is 6.73. The standard InChI is InChI=1S/C41H50FN3O5/c1-10-13-28(4)49-34-17-16-31(42)25-32(34)29-14-12-15-30(24-29)33-26-45-35(43-33)23-27(3)36(37(39(46)47-9)50-40(5,6)7)38(45)44-20-18-41(8,19-21-44)48-22-11-2/h10-12,14-17,23-26,28,37H,1-2,13,18-22H2,3-9H3/t28-,37-/m0/s1. The van der Waals surface area contributed by atoms with E-state index >= 15 is 0 Å². The lowest BCUT2D eigenvalue weighted by Crippen LogP contribution is -2.45. The van der Waals surface area contributed by atoms with Gasteiger partial charge in [0.2, 0.25) is 0 Å². The van der Waals surface area contributed by atoms with Crippen molar-refractivity contribution in [1.82, 2.24) is 9.38 Å². The first-order valence-electron chi connectivity index (χ1n) is 17.2. The summed E-state index contributed by atoms with van der Waals surface area (Å²) in [5.41, 5.74) is 4.45. The second-order valence-electron chi connectivity index (χ2n) is 14.3. The number of benzene rings is 2. The van der Waals surface area contributed by atoms with Crippen molar-refractivity contribution in [2.75, 3.05) is 31.7 Å². The van der Waals surface area contributed by atoms with Crippen LogP contribution in [0.1, 0.15) is 71.1 Å². The maximum Gasteiger partial charge on any atom is 0.339 e. The number of pyridine rings is 1. The topological polar surface area (TPSA) is 74.5 Å². The number of aromatic nitrogens is 2. The number of hydrogen-bond acceptors (Lipinski definition) is 7. The molecule has 1 saturated heterocycles. The zero-order chi connectivity index (χ0) is 36.2.